The Morgan fingerprint density at radius 3 is 2.70 bits per heavy atom. The van der Waals surface area contributed by atoms with Gasteiger partial charge in [0.25, 0.3) is 5.91 Å². The summed E-state index contributed by atoms with van der Waals surface area (Å²) in [4.78, 5) is 30.0. The molecule has 0 spiro atoms. The number of aromatic nitrogens is 1. The molecule has 0 aliphatic carbocycles. The van der Waals surface area contributed by atoms with E-state index in [4.69, 9.17) is 0 Å². The summed E-state index contributed by atoms with van der Waals surface area (Å²) < 4.78 is 0. The van der Waals surface area contributed by atoms with Crippen LogP contribution in [0.4, 0.5) is 0 Å². The Labute approximate surface area is 118 Å². The molecule has 1 aliphatic rings. The quantitative estimate of drug-likeness (QED) is 0.728. The van der Waals surface area contributed by atoms with Crippen molar-refractivity contribution < 1.29 is 4.79 Å². The summed E-state index contributed by atoms with van der Waals surface area (Å²) in [7, 11) is 2.14. The number of likely N-dealkylation sites (N-methyl/N-ethyl adjacent to an activating group) is 1. The van der Waals surface area contributed by atoms with Gasteiger partial charge in [0, 0.05) is 45.0 Å². The van der Waals surface area contributed by atoms with E-state index in [1.54, 1.807) is 0 Å². The minimum absolute atomic E-state index is 0.139. The molecule has 0 unspecified atom stereocenters. The minimum Gasteiger partial charge on any atom is -0.352 e. The van der Waals surface area contributed by atoms with Gasteiger partial charge in [0.05, 0.1) is 5.56 Å². The highest BCUT2D eigenvalue weighted by Crippen LogP contribution is 2.00. The van der Waals surface area contributed by atoms with Crippen molar-refractivity contribution in [2.24, 2.45) is 0 Å². The summed E-state index contributed by atoms with van der Waals surface area (Å²) in [5, 5.41) is 2.87. The maximum atomic E-state index is 11.8. The van der Waals surface area contributed by atoms with Crippen LogP contribution in [0.3, 0.4) is 0 Å². The third kappa shape index (κ3) is 4.47. The van der Waals surface area contributed by atoms with E-state index < -0.39 is 0 Å². The van der Waals surface area contributed by atoms with E-state index in [2.05, 4.69) is 27.1 Å². The molecule has 2 N–H and O–H groups in total. The lowest BCUT2D eigenvalue weighted by Gasteiger charge is -2.32. The second kappa shape index (κ2) is 7.21. The molecule has 1 aliphatic heterocycles. The van der Waals surface area contributed by atoms with Crippen molar-refractivity contribution in [2.75, 3.05) is 46.3 Å². The number of aromatic amines is 1. The van der Waals surface area contributed by atoms with Gasteiger partial charge in [-0.2, -0.15) is 0 Å². The number of piperazine rings is 1. The fourth-order valence-electron chi connectivity index (χ4n) is 2.23. The van der Waals surface area contributed by atoms with Crippen LogP contribution in [-0.4, -0.2) is 67.0 Å². The summed E-state index contributed by atoms with van der Waals surface area (Å²) in [5.74, 6) is -0.139. The highest BCUT2D eigenvalue weighted by Gasteiger charge is 2.13. The van der Waals surface area contributed by atoms with Gasteiger partial charge in [-0.05, 0) is 26.1 Å². The van der Waals surface area contributed by atoms with Crippen LogP contribution in [0.15, 0.2) is 23.1 Å². The monoisotopic (exact) mass is 278 g/mol. The molecule has 1 aromatic rings. The standard InChI is InChI=1S/C14H22N4O2/c1-17-7-9-18(10-8-17)6-2-5-15-14(20)12-3-4-13(19)16-11-12/h3-4,11H,2,5-10H2,1H3,(H,15,20)(H,16,19). The SMILES string of the molecule is CN1CCN(CCCNC(=O)c2ccc(=O)[nH]c2)CC1. The van der Waals surface area contributed by atoms with E-state index >= 15 is 0 Å². The summed E-state index contributed by atoms with van der Waals surface area (Å²) in [6.45, 7) is 6.10. The maximum Gasteiger partial charge on any atom is 0.252 e. The molecule has 0 aromatic carbocycles. The zero-order valence-corrected chi connectivity index (χ0v) is 11.9. The van der Waals surface area contributed by atoms with E-state index in [0.717, 1.165) is 39.1 Å². The number of pyridine rings is 1. The van der Waals surface area contributed by atoms with Gasteiger partial charge in [0.1, 0.15) is 0 Å². The summed E-state index contributed by atoms with van der Waals surface area (Å²) in [6, 6.07) is 2.90. The smallest absolute Gasteiger partial charge is 0.252 e. The molecule has 2 heterocycles. The van der Waals surface area contributed by atoms with E-state index in [1.165, 1.54) is 18.3 Å². The van der Waals surface area contributed by atoms with Gasteiger partial charge in [-0.25, -0.2) is 0 Å². The molecule has 1 fully saturated rings. The molecule has 20 heavy (non-hydrogen) atoms. The second-order valence-corrected chi connectivity index (χ2v) is 5.20. The zero-order chi connectivity index (χ0) is 14.4. The molecule has 110 valence electrons. The molecule has 0 saturated carbocycles. The molecular formula is C14H22N4O2. The van der Waals surface area contributed by atoms with Crippen LogP contribution in [-0.2, 0) is 0 Å². The largest absolute Gasteiger partial charge is 0.352 e. The number of amides is 1. The van der Waals surface area contributed by atoms with Crippen molar-refractivity contribution in [3.8, 4) is 0 Å². The molecular weight excluding hydrogens is 256 g/mol. The van der Waals surface area contributed by atoms with Crippen LogP contribution in [0.1, 0.15) is 16.8 Å². The van der Waals surface area contributed by atoms with E-state index in [0.29, 0.717) is 12.1 Å². The lowest BCUT2D eigenvalue weighted by Crippen LogP contribution is -2.45. The van der Waals surface area contributed by atoms with Gasteiger partial charge in [0.2, 0.25) is 5.56 Å². The molecule has 0 radical (unpaired) electrons. The van der Waals surface area contributed by atoms with Crippen molar-refractivity contribution >= 4 is 5.91 Å². The molecule has 1 amide bonds. The van der Waals surface area contributed by atoms with E-state index in [-0.39, 0.29) is 11.5 Å². The third-order valence-electron chi connectivity index (χ3n) is 3.58. The van der Waals surface area contributed by atoms with E-state index in [9.17, 15) is 9.59 Å². The number of H-pyrrole nitrogens is 1. The van der Waals surface area contributed by atoms with Gasteiger partial charge in [-0.1, -0.05) is 0 Å². The van der Waals surface area contributed by atoms with Crippen molar-refractivity contribution in [1.82, 2.24) is 20.1 Å². The topological polar surface area (TPSA) is 68.4 Å². The van der Waals surface area contributed by atoms with Crippen LogP contribution < -0.4 is 10.9 Å². The molecule has 2 rings (SSSR count). The van der Waals surface area contributed by atoms with Gasteiger partial charge in [-0.15, -0.1) is 0 Å². The zero-order valence-electron chi connectivity index (χ0n) is 11.9. The van der Waals surface area contributed by atoms with Gasteiger partial charge >= 0.3 is 0 Å². The van der Waals surface area contributed by atoms with Crippen molar-refractivity contribution in [3.05, 3.63) is 34.2 Å². The molecule has 1 saturated heterocycles. The van der Waals surface area contributed by atoms with Crippen molar-refractivity contribution in [3.63, 3.8) is 0 Å². The van der Waals surface area contributed by atoms with Gasteiger partial charge < -0.3 is 20.1 Å². The number of carbonyl (C=O) groups is 1. The van der Waals surface area contributed by atoms with Crippen LogP contribution in [0.25, 0.3) is 0 Å². The first-order valence-corrected chi connectivity index (χ1v) is 7.03. The van der Waals surface area contributed by atoms with Crippen molar-refractivity contribution in [2.45, 2.75) is 6.42 Å². The van der Waals surface area contributed by atoms with E-state index in [1.807, 2.05) is 0 Å². The number of hydrogen-bond donors (Lipinski definition) is 2. The Bertz CT molecular complexity index is 472. The first kappa shape index (κ1) is 14.7. The molecule has 1 aromatic heterocycles. The Morgan fingerprint density at radius 2 is 2.05 bits per heavy atom. The maximum absolute atomic E-state index is 11.8. The third-order valence-corrected chi connectivity index (χ3v) is 3.58. The predicted molar refractivity (Wildman–Crippen MR) is 77.9 cm³/mol. The molecule has 6 nitrogen and oxygen atoms in total. The number of hydrogen-bond acceptors (Lipinski definition) is 4. The fraction of sp³-hybridized carbons (Fsp3) is 0.571. The van der Waals surface area contributed by atoms with Crippen LogP contribution in [0, 0.1) is 0 Å². The molecule has 0 bridgehead atoms. The number of carbonyl (C=O) groups excluding carboxylic acids is 1. The Hall–Kier alpha value is -1.66. The summed E-state index contributed by atoms with van der Waals surface area (Å²) >= 11 is 0. The van der Waals surface area contributed by atoms with Crippen LogP contribution in [0.5, 0.6) is 0 Å². The Kier molecular flexibility index (Phi) is 5.31. The molecule has 6 heteroatoms. The Morgan fingerprint density at radius 1 is 1.30 bits per heavy atom. The summed E-state index contributed by atoms with van der Waals surface area (Å²) in [6.07, 6.45) is 2.39. The first-order valence-electron chi connectivity index (χ1n) is 7.03. The lowest BCUT2D eigenvalue weighted by molar-refractivity contribution is 0.0949. The normalized spacial score (nSPS) is 17.1. The van der Waals surface area contributed by atoms with Crippen molar-refractivity contribution in [1.29, 1.82) is 0 Å². The second-order valence-electron chi connectivity index (χ2n) is 5.20. The van der Waals surface area contributed by atoms with Gasteiger partial charge in [0.15, 0.2) is 0 Å². The average Bonchev–Trinajstić information content (AvgIpc) is 2.46. The van der Waals surface area contributed by atoms with Crippen LogP contribution in [0.2, 0.25) is 0 Å². The average molecular weight is 278 g/mol. The Balaban J connectivity index is 1.64. The molecule has 0 atom stereocenters. The minimum atomic E-state index is -0.198. The number of nitrogens with zero attached hydrogens (tertiary/aromatic N) is 2. The summed E-state index contributed by atoms with van der Waals surface area (Å²) in [5.41, 5.74) is 0.292. The predicted octanol–water partition coefficient (Wildman–Crippen LogP) is -0.258. The highest BCUT2D eigenvalue weighted by molar-refractivity contribution is 5.93. The highest BCUT2D eigenvalue weighted by atomic mass is 16.1. The lowest BCUT2D eigenvalue weighted by atomic mass is 10.2. The van der Waals surface area contributed by atoms with Gasteiger partial charge in [-0.3, -0.25) is 9.59 Å². The fourth-order valence-corrected chi connectivity index (χ4v) is 2.23. The van der Waals surface area contributed by atoms with Crippen LogP contribution >= 0.6 is 0 Å². The number of rotatable bonds is 5. The number of nitrogens with one attached hydrogen (secondary N) is 2. The first-order chi connectivity index (χ1) is 9.65.